The summed E-state index contributed by atoms with van der Waals surface area (Å²) in [5.41, 5.74) is 5.75. The van der Waals surface area contributed by atoms with E-state index in [0.717, 1.165) is 16.9 Å². The Morgan fingerprint density at radius 3 is 2.70 bits per heavy atom. The van der Waals surface area contributed by atoms with Crippen molar-refractivity contribution in [3.8, 4) is 22.8 Å². The molecule has 0 bridgehead atoms. The minimum atomic E-state index is -0.104. The highest BCUT2D eigenvalue weighted by molar-refractivity contribution is 5.96. The van der Waals surface area contributed by atoms with E-state index < -0.39 is 0 Å². The molecule has 7 nitrogen and oxygen atoms in total. The van der Waals surface area contributed by atoms with Crippen molar-refractivity contribution in [2.24, 2.45) is 0 Å². The van der Waals surface area contributed by atoms with Gasteiger partial charge in [-0.05, 0) is 43.2 Å². The monoisotopic (exact) mass is 399 g/mol. The van der Waals surface area contributed by atoms with Crippen LogP contribution in [0.3, 0.4) is 0 Å². The van der Waals surface area contributed by atoms with Crippen molar-refractivity contribution in [2.45, 2.75) is 26.2 Å². The number of amides is 1. The van der Waals surface area contributed by atoms with Crippen LogP contribution >= 0.6 is 0 Å². The number of nitrogens with one attached hydrogen (secondary N) is 1. The van der Waals surface area contributed by atoms with E-state index in [2.05, 4.69) is 34.2 Å². The van der Waals surface area contributed by atoms with E-state index >= 15 is 0 Å². The quantitative estimate of drug-likeness (QED) is 0.554. The summed E-state index contributed by atoms with van der Waals surface area (Å²) >= 11 is 0. The summed E-state index contributed by atoms with van der Waals surface area (Å²) in [4.78, 5) is 19.0. The van der Waals surface area contributed by atoms with Crippen LogP contribution in [0.25, 0.3) is 22.8 Å². The first-order chi connectivity index (χ1) is 14.6. The maximum absolute atomic E-state index is 12.6. The Morgan fingerprint density at radius 1 is 1.07 bits per heavy atom. The Kier molecular flexibility index (Phi) is 4.43. The molecule has 1 atom stereocenters. The maximum Gasteiger partial charge on any atom is 0.275 e. The number of rotatable bonds is 4. The van der Waals surface area contributed by atoms with Gasteiger partial charge in [-0.2, -0.15) is 10.1 Å². The number of hydrogen-bond donors (Lipinski definition) is 1. The fraction of sp³-hybridized carbons (Fsp3) is 0.217. The Labute approximate surface area is 173 Å². The number of carbonyl (C=O) groups excluding carboxylic acids is 1. The normalized spacial score (nSPS) is 16.4. The molecule has 3 heterocycles. The molecule has 2 aromatic heterocycles. The van der Waals surface area contributed by atoms with Gasteiger partial charge in [0.15, 0.2) is 5.82 Å². The van der Waals surface area contributed by atoms with Gasteiger partial charge in [0.2, 0.25) is 5.91 Å². The fourth-order valence-corrected chi connectivity index (χ4v) is 3.72. The molecule has 0 aliphatic carbocycles. The predicted molar refractivity (Wildman–Crippen MR) is 113 cm³/mol. The molecule has 1 aliphatic heterocycles. The summed E-state index contributed by atoms with van der Waals surface area (Å²) in [6.45, 7) is 4.65. The third-order valence-electron chi connectivity index (χ3n) is 5.61. The highest BCUT2D eigenvalue weighted by Gasteiger charge is 2.34. The highest BCUT2D eigenvalue weighted by atomic mass is 16.5. The van der Waals surface area contributed by atoms with Gasteiger partial charge >= 0.3 is 0 Å². The first-order valence-electron chi connectivity index (χ1n) is 9.91. The van der Waals surface area contributed by atoms with Gasteiger partial charge in [0, 0.05) is 30.1 Å². The third-order valence-corrected chi connectivity index (χ3v) is 5.61. The van der Waals surface area contributed by atoms with Crippen LogP contribution in [0, 0.1) is 13.8 Å². The SMILES string of the molecule is Cc1ccc(N2CC(c3noc(-c4cc(-c5ccccc5)n[nH]4)n3)CC2=O)cc1C. The summed E-state index contributed by atoms with van der Waals surface area (Å²) < 4.78 is 5.46. The highest BCUT2D eigenvalue weighted by Crippen LogP contribution is 2.32. The first-order valence-corrected chi connectivity index (χ1v) is 9.91. The lowest BCUT2D eigenvalue weighted by molar-refractivity contribution is -0.117. The smallest absolute Gasteiger partial charge is 0.275 e. The summed E-state index contributed by atoms with van der Waals surface area (Å²) in [5, 5.41) is 11.4. The van der Waals surface area contributed by atoms with Gasteiger partial charge in [-0.25, -0.2) is 0 Å². The van der Waals surface area contributed by atoms with Crippen LogP contribution in [0.1, 0.15) is 29.3 Å². The molecule has 1 N–H and O–H groups in total. The summed E-state index contributed by atoms with van der Waals surface area (Å²) in [6.07, 6.45) is 0.365. The average Bonchev–Trinajstić information content (AvgIpc) is 3.49. The van der Waals surface area contributed by atoms with Crippen LogP contribution < -0.4 is 4.90 Å². The van der Waals surface area contributed by atoms with Crippen molar-refractivity contribution < 1.29 is 9.32 Å². The fourth-order valence-electron chi connectivity index (χ4n) is 3.72. The molecule has 0 spiro atoms. The number of aryl methyl sites for hydroxylation is 2. The van der Waals surface area contributed by atoms with E-state index in [1.807, 2.05) is 54.6 Å². The molecule has 1 saturated heterocycles. The summed E-state index contributed by atoms with van der Waals surface area (Å²) in [5.74, 6) is 0.882. The molecule has 1 unspecified atom stereocenters. The molecule has 0 radical (unpaired) electrons. The lowest BCUT2D eigenvalue weighted by Gasteiger charge is -2.17. The molecule has 2 aromatic carbocycles. The molecule has 1 fully saturated rings. The number of nitrogens with zero attached hydrogens (tertiary/aromatic N) is 4. The molecule has 4 aromatic rings. The molecular weight excluding hydrogens is 378 g/mol. The Balaban J connectivity index is 1.35. The first kappa shape index (κ1) is 18.3. The van der Waals surface area contributed by atoms with Crippen molar-refractivity contribution in [3.05, 3.63) is 71.5 Å². The molecule has 30 heavy (non-hydrogen) atoms. The Hall–Kier alpha value is -3.74. The zero-order chi connectivity index (χ0) is 20.7. The van der Waals surface area contributed by atoms with Crippen LogP contribution in [0.4, 0.5) is 5.69 Å². The number of H-pyrrole nitrogens is 1. The van der Waals surface area contributed by atoms with Gasteiger partial charge in [-0.15, -0.1) is 0 Å². The van der Waals surface area contributed by atoms with Gasteiger partial charge in [0.1, 0.15) is 5.69 Å². The topological polar surface area (TPSA) is 87.9 Å². The lowest BCUT2D eigenvalue weighted by atomic mass is 10.1. The molecule has 150 valence electrons. The number of aromatic nitrogens is 4. The second kappa shape index (κ2) is 7.26. The minimum Gasteiger partial charge on any atom is -0.332 e. The second-order valence-corrected chi connectivity index (χ2v) is 7.66. The van der Waals surface area contributed by atoms with Crippen molar-refractivity contribution in [1.29, 1.82) is 0 Å². The maximum atomic E-state index is 12.6. The van der Waals surface area contributed by atoms with E-state index in [1.54, 1.807) is 4.90 Å². The number of carbonyl (C=O) groups is 1. The number of benzene rings is 2. The van der Waals surface area contributed by atoms with Gasteiger partial charge < -0.3 is 9.42 Å². The predicted octanol–water partition coefficient (Wildman–Crippen LogP) is 4.26. The number of hydrogen-bond acceptors (Lipinski definition) is 5. The molecule has 0 saturated carbocycles. The second-order valence-electron chi connectivity index (χ2n) is 7.66. The molecule has 1 aliphatic rings. The number of anilines is 1. The van der Waals surface area contributed by atoms with E-state index in [9.17, 15) is 4.79 Å². The summed E-state index contributed by atoms with van der Waals surface area (Å²) in [6, 6.07) is 17.8. The van der Waals surface area contributed by atoms with Crippen LogP contribution in [-0.2, 0) is 4.79 Å². The van der Waals surface area contributed by atoms with E-state index in [0.29, 0.717) is 30.4 Å². The van der Waals surface area contributed by atoms with Crippen LogP contribution in [0.5, 0.6) is 0 Å². The van der Waals surface area contributed by atoms with Gasteiger partial charge in [-0.3, -0.25) is 9.89 Å². The zero-order valence-electron chi connectivity index (χ0n) is 16.8. The van der Waals surface area contributed by atoms with Gasteiger partial charge in [-0.1, -0.05) is 41.6 Å². The Morgan fingerprint density at radius 2 is 1.90 bits per heavy atom. The van der Waals surface area contributed by atoms with Gasteiger partial charge in [0.25, 0.3) is 5.89 Å². The molecule has 7 heteroatoms. The van der Waals surface area contributed by atoms with Crippen molar-refractivity contribution >= 4 is 11.6 Å². The van der Waals surface area contributed by atoms with Crippen molar-refractivity contribution in [2.75, 3.05) is 11.4 Å². The standard InChI is InChI=1S/C23H21N5O2/c1-14-8-9-18(10-15(14)2)28-13-17(11-21(28)29)22-24-23(30-27-22)20-12-19(25-26-20)16-6-4-3-5-7-16/h3-10,12,17H,11,13H2,1-2H3,(H,25,26). The van der Waals surface area contributed by atoms with Crippen LogP contribution in [0.15, 0.2) is 59.1 Å². The third kappa shape index (κ3) is 3.28. The van der Waals surface area contributed by atoms with Gasteiger partial charge in [0.05, 0.1) is 5.69 Å². The summed E-state index contributed by atoms with van der Waals surface area (Å²) in [7, 11) is 0. The molecule has 1 amide bonds. The zero-order valence-corrected chi connectivity index (χ0v) is 16.8. The van der Waals surface area contributed by atoms with Crippen LogP contribution in [0.2, 0.25) is 0 Å². The number of aromatic amines is 1. The van der Waals surface area contributed by atoms with E-state index in [1.165, 1.54) is 11.1 Å². The average molecular weight is 399 g/mol. The van der Waals surface area contributed by atoms with E-state index in [-0.39, 0.29) is 11.8 Å². The lowest BCUT2D eigenvalue weighted by Crippen LogP contribution is -2.24. The van der Waals surface area contributed by atoms with E-state index in [4.69, 9.17) is 4.52 Å². The largest absolute Gasteiger partial charge is 0.332 e. The van der Waals surface area contributed by atoms with Crippen molar-refractivity contribution in [1.82, 2.24) is 20.3 Å². The van der Waals surface area contributed by atoms with Crippen molar-refractivity contribution in [3.63, 3.8) is 0 Å². The molecular formula is C23H21N5O2. The molecule has 5 rings (SSSR count). The van der Waals surface area contributed by atoms with Crippen LogP contribution in [-0.4, -0.2) is 32.8 Å². The Bertz CT molecular complexity index is 1210. The minimum absolute atomic E-state index is 0.0718.